The van der Waals surface area contributed by atoms with Gasteiger partial charge in [-0.2, -0.15) is 0 Å². The summed E-state index contributed by atoms with van der Waals surface area (Å²) in [6.45, 7) is 3.54. The highest BCUT2D eigenvalue weighted by atomic mass is 32.1. The van der Waals surface area contributed by atoms with Crippen molar-refractivity contribution in [2.75, 3.05) is 13.1 Å². The molecule has 1 heterocycles. The van der Waals surface area contributed by atoms with Crippen molar-refractivity contribution >= 4 is 17.4 Å². The van der Waals surface area contributed by atoms with Crippen LogP contribution in [0.2, 0.25) is 0 Å². The van der Waals surface area contributed by atoms with Gasteiger partial charge in [0.25, 0.3) is 0 Å². The topological polar surface area (TPSA) is 41.1 Å². The third-order valence-electron chi connectivity index (χ3n) is 3.36. The van der Waals surface area contributed by atoms with Gasteiger partial charge in [-0.15, -0.1) is 11.3 Å². The Bertz CT molecular complexity index is 400. The molecule has 1 aliphatic rings. The molecule has 2 amide bonds. The molecule has 1 aromatic rings. The van der Waals surface area contributed by atoms with Crippen molar-refractivity contribution in [3.05, 3.63) is 21.4 Å². The van der Waals surface area contributed by atoms with E-state index in [4.69, 9.17) is 0 Å². The van der Waals surface area contributed by atoms with E-state index < -0.39 is 0 Å². The molecule has 0 radical (unpaired) electrons. The lowest BCUT2D eigenvalue weighted by Gasteiger charge is -2.13. The summed E-state index contributed by atoms with van der Waals surface area (Å²) in [4.78, 5) is 13.0. The van der Waals surface area contributed by atoms with Gasteiger partial charge in [-0.25, -0.2) is 4.79 Å². The minimum absolute atomic E-state index is 0.0408. The summed E-state index contributed by atoms with van der Waals surface area (Å²) in [5.74, 6) is 0. The zero-order valence-electron chi connectivity index (χ0n) is 11.1. The van der Waals surface area contributed by atoms with Crippen LogP contribution in [0.1, 0.15) is 42.2 Å². The Morgan fingerprint density at radius 1 is 1.28 bits per heavy atom. The first kappa shape index (κ1) is 13.4. The Hall–Kier alpha value is -1.03. The zero-order chi connectivity index (χ0) is 12.8. The average Bonchev–Trinajstić information content (AvgIpc) is 2.80. The van der Waals surface area contributed by atoms with Gasteiger partial charge in [-0.1, -0.05) is 6.92 Å². The van der Waals surface area contributed by atoms with Crippen LogP contribution in [0.3, 0.4) is 0 Å². The summed E-state index contributed by atoms with van der Waals surface area (Å²) in [5, 5.41) is 8.02. The van der Waals surface area contributed by atoms with Crippen molar-refractivity contribution in [1.82, 2.24) is 10.6 Å². The lowest BCUT2D eigenvalue weighted by atomic mass is 9.95. The average molecular weight is 266 g/mol. The van der Waals surface area contributed by atoms with E-state index in [2.05, 4.69) is 22.9 Å². The first-order valence-corrected chi connectivity index (χ1v) is 7.79. The second-order valence-electron chi connectivity index (χ2n) is 4.80. The molecule has 3 nitrogen and oxygen atoms in total. The number of hydrogen-bond acceptors (Lipinski definition) is 2. The summed E-state index contributed by atoms with van der Waals surface area (Å²) in [5.41, 5.74) is 3.02. The molecule has 0 saturated heterocycles. The summed E-state index contributed by atoms with van der Waals surface area (Å²) in [7, 11) is 0. The molecule has 100 valence electrons. The van der Waals surface area contributed by atoms with Crippen LogP contribution < -0.4 is 10.6 Å². The Labute approximate surface area is 113 Å². The van der Waals surface area contributed by atoms with E-state index in [9.17, 15) is 4.79 Å². The standard InChI is InChI=1S/C14H22N2OS/c1-2-8-15-14(17)16-9-7-11-10-18-13-6-4-3-5-12(11)13/h10H,2-9H2,1H3,(H2,15,16,17). The van der Waals surface area contributed by atoms with Crippen LogP contribution in [-0.4, -0.2) is 19.1 Å². The SMILES string of the molecule is CCCNC(=O)NCCc1csc2c1CCCC2. The van der Waals surface area contributed by atoms with Gasteiger partial charge in [-0.05, 0) is 55.0 Å². The number of carbonyl (C=O) groups is 1. The fourth-order valence-corrected chi connectivity index (χ4v) is 3.56. The van der Waals surface area contributed by atoms with E-state index in [-0.39, 0.29) is 6.03 Å². The first-order chi connectivity index (χ1) is 8.81. The lowest BCUT2D eigenvalue weighted by Crippen LogP contribution is -2.36. The van der Waals surface area contributed by atoms with E-state index in [0.29, 0.717) is 0 Å². The van der Waals surface area contributed by atoms with Crippen LogP contribution in [0.5, 0.6) is 0 Å². The second-order valence-corrected chi connectivity index (χ2v) is 5.77. The molecule has 18 heavy (non-hydrogen) atoms. The fourth-order valence-electron chi connectivity index (χ4n) is 2.38. The predicted molar refractivity (Wildman–Crippen MR) is 76.4 cm³/mol. The molecule has 1 aliphatic carbocycles. The number of urea groups is 1. The van der Waals surface area contributed by atoms with Gasteiger partial charge >= 0.3 is 6.03 Å². The van der Waals surface area contributed by atoms with Gasteiger partial charge in [0.05, 0.1) is 0 Å². The zero-order valence-corrected chi connectivity index (χ0v) is 11.9. The Balaban J connectivity index is 1.77. The first-order valence-electron chi connectivity index (χ1n) is 6.91. The molecule has 0 atom stereocenters. The Kier molecular flexibility index (Phi) is 5.05. The van der Waals surface area contributed by atoms with Crippen LogP contribution in [0, 0.1) is 0 Å². The fraction of sp³-hybridized carbons (Fsp3) is 0.643. The van der Waals surface area contributed by atoms with Gasteiger partial charge in [0.2, 0.25) is 0 Å². The van der Waals surface area contributed by atoms with Gasteiger partial charge in [-0.3, -0.25) is 0 Å². The highest BCUT2D eigenvalue weighted by Crippen LogP contribution is 2.30. The monoisotopic (exact) mass is 266 g/mol. The normalized spacial score (nSPS) is 14.1. The van der Waals surface area contributed by atoms with E-state index in [1.807, 2.05) is 11.3 Å². The summed E-state index contributed by atoms with van der Waals surface area (Å²) in [6.07, 6.45) is 7.09. The number of nitrogens with one attached hydrogen (secondary N) is 2. The minimum Gasteiger partial charge on any atom is -0.338 e. The highest BCUT2D eigenvalue weighted by Gasteiger charge is 2.15. The number of hydrogen-bond donors (Lipinski definition) is 2. The quantitative estimate of drug-likeness (QED) is 0.845. The molecule has 0 saturated carbocycles. The third-order valence-corrected chi connectivity index (χ3v) is 4.50. The summed E-state index contributed by atoms with van der Waals surface area (Å²) >= 11 is 1.90. The smallest absolute Gasteiger partial charge is 0.314 e. The largest absolute Gasteiger partial charge is 0.338 e. The van der Waals surface area contributed by atoms with E-state index >= 15 is 0 Å². The second kappa shape index (κ2) is 6.78. The maximum Gasteiger partial charge on any atom is 0.314 e. The molecule has 0 spiro atoms. The van der Waals surface area contributed by atoms with Crippen LogP contribution in [0.25, 0.3) is 0 Å². The van der Waals surface area contributed by atoms with Crippen molar-refractivity contribution in [2.24, 2.45) is 0 Å². The van der Waals surface area contributed by atoms with Crippen LogP contribution in [0.4, 0.5) is 4.79 Å². The van der Waals surface area contributed by atoms with E-state index in [1.165, 1.54) is 31.2 Å². The minimum atomic E-state index is -0.0408. The third kappa shape index (κ3) is 3.48. The molecule has 2 N–H and O–H groups in total. The molecule has 0 bridgehead atoms. The van der Waals surface area contributed by atoms with Gasteiger partial charge in [0.15, 0.2) is 0 Å². The molecule has 0 unspecified atom stereocenters. The van der Waals surface area contributed by atoms with Crippen LogP contribution in [-0.2, 0) is 19.3 Å². The van der Waals surface area contributed by atoms with Crippen molar-refractivity contribution in [2.45, 2.75) is 45.4 Å². The van der Waals surface area contributed by atoms with E-state index in [0.717, 1.165) is 25.9 Å². The molecule has 1 aromatic heterocycles. The Morgan fingerprint density at radius 2 is 2.06 bits per heavy atom. The van der Waals surface area contributed by atoms with Crippen molar-refractivity contribution in [1.29, 1.82) is 0 Å². The van der Waals surface area contributed by atoms with Crippen LogP contribution >= 0.6 is 11.3 Å². The number of fused-ring (bicyclic) bond motifs is 1. The molecule has 0 aliphatic heterocycles. The number of thiophene rings is 1. The molecule has 0 aromatic carbocycles. The Morgan fingerprint density at radius 3 is 2.89 bits per heavy atom. The summed E-state index contributed by atoms with van der Waals surface area (Å²) < 4.78 is 0. The molecule has 4 heteroatoms. The van der Waals surface area contributed by atoms with Gasteiger partial charge in [0, 0.05) is 18.0 Å². The molecular weight excluding hydrogens is 244 g/mol. The van der Waals surface area contributed by atoms with Crippen molar-refractivity contribution < 1.29 is 4.79 Å². The molecule has 2 rings (SSSR count). The number of rotatable bonds is 5. The molecular formula is C14H22N2OS. The van der Waals surface area contributed by atoms with Gasteiger partial charge in [0.1, 0.15) is 0 Å². The van der Waals surface area contributed by atoms with Crippen molar-refractivity contribution in [3.63, 3.8) is 0 Å². The summed E-state index contributed by atoms with van der Waals surface area (Å²) in [6, 6.07) is -0.0408. The number of amides is 2. The van der Waals surface area contributed by atoms with Crippen molar-refractivity contribution in [3.8, 4) is 0 Å². The predicted octanol–water partition coefficient (Wildman–Crippen LogP) is 2.88. The van der Waals surface area contributed by atoms with Gasteiger partial charge < -0.3 is 10.6 Å². The molecule has 0 fully saturated rings. The number of aryl methyl sites for hydroxylation is 1. The maximum atomic E-state index is 11.4. The number of carbonyl (C=O) groups excluding carboxylic acids is 1. The van der Waals surface area contributed by atoms with E-state index in [1.54, 1.807) is 10.4 Å². The maximum absolute atomic E-state index is 11.4. The highest BCUT2D eigenvalue weighted by molar-refractivity contribution is 7.10. The lowest BCUT2D eigenvalue weighted by molar-refractivity contribution is 0.241. The van der Waals surface area contributed by atoms with Crippen LogP contribution in [0.15, 0.2) is 5.38 Å².